The molecule has 170 valence electrons. The van der Waals surface area contributed by atoms with Gasteiger partial charge in [-0.25, -0.2) is 0 Å². The number of ether oxygens (including phenoxy) is 1. The molecule has 10 heteroatoms. The average molecular weight is 449 g/mol. The first kappa shape index (κ1) is 23.1. The van der Waals surface area contributed by atoms with E-state index in [1.807, 2.05) is 0 Å². The molecule has 7 nitrogen and oxygen atoms in total. The molecule has 0 spiro atoms. The van der Waals surface area contributed by atoms with E-state index in [9.17, 15) is 27.6 Å². The SMILES string of the molecule is COc1ccc(NC(=O)CN(C)C(=O)C2CC(=O)N(c3cccc(C(F)(F)F)c3)C2)cc1. The lowest BCUT2D eigenvalue weighted by Crippen LogP contribution is -2.39. The molecule has 1 heterocycles. The summed E-state index contributed by atoms with van der Waals surface area (Å²) in [6, 6.07) is 11.1. The highest BCUT2D eigenvalue weighted by molar-refractivity contribution is 6.01. The number of halogens is 3. The van der Waals surface area contributed by atoms with Gasteiger partial charge in [0.1, 0.15) is 5.75 Å². The molecule has 1 unspecified atom stereocenters. The molecule has 1 atom stereocenters. The lowest BCUT2D eigenvalue weighted by atomic mass is 10.1. The number of anilines is 2. The Labute approximate surface area is 182 Å². The fraction of sp³-hybridized carbons (Fsp3) is 0.318. The summed E-state index contributed by atoms with van der Waals surface area (Å²) in [5, 5.41) is 2.66. The van der Waals surface area contributed by atoms with Crippen molar-refractivity contribution >= 4 is 29.1 Å². The normalized spacial score (nSPS) is 16.1. The van der Waals surface area contributed by atoms with Crippen LogP contribution in [-0.4, -0.2) is 49.9 Å². The Morgan fingerprint density at radius 1 is 1.19 bits per heavy atom. The summed E-state index contributed by atoms with van der Waals surface area (Å²) in [6.07, 6.45) is -4.68. The van der Waals surface area contributed by atoms with Gasteiger partial charge >= 0.3 is 6.18 Å². The molecule has 1 saturated heterocycles. The van der Waals surface area contributed by atoms with Gasteiger partial charge in [-0.15, -0.1) is 0 Å². The van der Waals surface area contributed by atoms with Crippen molar-refractivity contribution in [1.29, 1.82) is 0 Å². The second kappa shape index (κ2) is 9.29. The second-order valence-electron chi connectivity index (χ2n) is 7.42. The summed E-state index contributed by atoms with van der Waals surface area (Å²) in [5.74, 6) is -1.43. The van der Waals surface area contributed by atoms with Crippen molar-refractivity contribution < 1.29 is 32.3 Å². The van der Waals surface area contributed by atoms with Crippen LogP contribution in [0.5, 0.6) is 5.75 Å². The summed E-state index contributed by atoms with van der Waals surface area (Å²) >= 11 is 0. The molecule has 3 amide bonds. The highest BCUT2D eigenvalue weighted by atomic mass is 19.4. The Morgan fingerprint density at radius 2 is 1.88 bits per heavy atom. The van der Waals surface area contributed by atoms with Crippen molar-refractivity contribution in [2.75, 3.05) is 37.5 Å². The van der Waals surface area contributed by atoms with Crippen LogP contribution in [0.25, 0.3) is 0 Å². The Hall–Kier alpha value is -3.56. The maximum atomic E-state index is 13.0. The van der Waals surface area contributed by atoms with Crippen molar-refractivity contribution in [1.82, 2.24) is 4.90 Å². The minimum absolute atomic E-state index is 0.0522. The molecule has 0 aromatic heterocycles. The van der Waals surface area contributed by atoms with Gasteiger partial charge in [-0.05, 0) is 42.5 Å². The number of nitrogens with zero attached hydrogens (tertiary/aromatic N) is 2. The van der Waals surface area contributed by atoms with E-state index in [4.69, 9.17) is 4.74 Å². The number of amides is 3. The van der Waals surface area contributed by atoms with Crippen LogP contribution in [0.1, 0.15) is 12.0 Å². The summed E-state index contributed by atoms with van der Waals surface area (Å²) in [6.45, 7) is -0.289. The lowest BCUT2D eigenvalue weighted by molar-refractivity contribution is -0.137. The van der Waals surface area contributed by atoms with Gasteiger partial charge in [0.05, 0.1) is 25.1 Å². The van der Waals surface area contributed by atoms with Gasteiger partial charge in [0.2, 0.25) is 17.7 Å². The molecular formula is C22H22F3N3O4. The fourth-order valence-corrected chi connectivity index (χ4v) is 3.45. The van der Waals surface area contributed by atoms with Gasteiger partial charge in [0.25, 0.3) is 0 Å². The van der Waals surface area contributed by atoms with E-state index < -0.39 is 35.4 Å². The van der Waals surface area contributed by atoms with Crippen LogP contribution in [-0.2, 0) is 20.6 Å². The predicted octanol–water partition coefficient (Wildman–Crippen LogP) is 3.16. The van der Waals surface area contributed by atoms with Gasteiger partial charge in [-0.1, -0.05) is 6.07 Å². The third kappa shape index (κ3) is 5.37. The average Bonchev–Trinajstić information content (AvgIpc) is 3.14. The topological polar surface area (TPSA) is 79.0 Å². The molecule has 0 aliphatic carbocycles. The van der Waals surface area contributed by atoms with Gasteiger partial charge < -0.3 is 19.9 Å². The van der Waals surface area contributed by atoms with Gasteiger partial charge in [0, 0.05) is 31.4 Å². The highest BCUT2D eigenvalue weighted by Crippen LogP contribution is 2.33. The zero-order valence-electron chi connectivity index (χ0n) is 17.5. The van der Waals surface area contributed by atoms with Crippen molar-refractivity contribution in [3.63, 3.8) is 0 Å². The van der Waals surface area contributed by atoms with Crippen LogP contribution in [0.3, 0.4) is 0 Å². The van der Waals surface area contributed by atoms with Crippen LogP contribution < -0.4 is 15.0 Å². The molecule has 3 rings (SSSR count). The molecule has 1 aliphatic heterocycles. The highest BCUT2D eigenvalue weighted by Gasteiger charge is 2.38. The summed E-state index contributed by atoms with van der Waals surface area (Å²) < 4.78 is 44.0. The van der Waals surface area contributed by atoms with E-state index in [0.717, 1.165) is 12.1 Å². The molecule has 1 fully saturated rings. The second-order valence-corrected chi connectivity index (χ2v) is 7.42. The number of carbonyl (C=O) groups is 3. The molecule has 1 N–H and O–H groups in total. The maximum Gasteiger partial charge on any atom is 0.416 e. The van der Waals surface area contributed by atoms with Gasteiger partial charge in [-0.2, -0.15) is 13.2 Å². The van der Waals surface area contributed by atoms with E-state index in [1.54, 1.807) is 24.3 Å². The van der Waals surface area contributed by atoms with E-state index in [0.29, 0.717) is 11.4 Å². The number of carbonyl (C=O) groups excluding carboxylic acids is 3. The van der Waals surface area contributed by atoms with Crippen molar-refractivity contribution in [3.05, 3.63) is 54.1 Å². The van der Waals surface area contributed by atoms with E-state index in [1.165, 1.54) is 36.1 Å². The Balaban J connectivity index is 1.60. The zero-order chi connectivity index (χ0) is 23.5. The number of methoxy groups -OCH3 is 1. The fourth-order valence-electron chi connectivity index (χ4n) is 3.45. The van der Waals surface area contributed by atoms with Crippen LogP contribution in [0.15, 0.2) is 48.5 Å². The lowest BCUT2D eigenvalue weighted by Gasteiger charge is -2.21. The number of hydrogen-bond donors (Lipinski definition) is 1. The Bertz CT molecular complexity index is 1010. The standard InChI is InChI=1S/C22H22F3N3O4/c1-27(13-19(29)26-16-6-8-18(32-2)9-7-16)21(31)14-10-20(30)28(12-14)17-5-3-4-15(11-17)22(23,24)25/h3-9,11,14H,10,12-13H2,1-2H3,(H,26,29). The van der Waals surface area contributed by atoms with Crippen LogP contribution >= 0.6 is 0 Å². The molecular weight excluding hydrogens is 427 g/mol. The predicted molar refractivity (Wildman–Crippen MR) is 111 cm³/mol. The van der Waals surface area contributed by atoms with E-state index >= 15 is 0 Å². The minimum Gasteiger partial charge on any atom is -0.497 e. The van der Waals surface area contributed by atoms with Gasteiger partial charge in [-0.3, -0.25) is 14.4 Å². The summed E-state index contributed by atoms with van der Waals surface area (Å²) in [4.78, 5) is 39.7. The molecule has 32 heavy (non-hydrogen) atoms. The Kier molecular flexibility index (Phi) is 6.71. The monoisotopic (exact) mass is 449 g/mol. The number of alkyl halides is 3. The summed E-state index contributed by atoms with van der Waals surface area (Å²) in [5.41, 5.74) is -0.256. The number of hydrogen-bond acceptors (Lipinski definition) is 4. The first-order valence-corrected chi connectivity index (χ1v) is 9.75. The molecule has 0 bridgehead atoms. The van der Waals surface area contributed by atoms with Crippen molar-refractivity contribution in [3.8, 4) is 5.75 Å². The van der Waals surface area contributed by atoms with Crippen LogP contribution in [0.2, 0.25) is 0 Å². The minimum atomic E-state index is -4.54. The number of benzene rings is 2. The first-order chi connectivity index (χ1) is 15.1. The first-order valence-electron chi connectivity index (χ1n) is 9.75. The summed E-state index contributed by atoms with van der Waals surface area (Å²) in [7, 11) is 2.96. The number of likely N-dealkylation sites (N-methyl/N-ethyl adjacent to an activating group) is 1. The largest absolute Gasteiger partial charge is 0.497 e. The smallest absolute Gasteiger partial charge is 0.416 e. The molecule has 1 aliphatic rings. The third-order valence-electron chi connectivity index (χ3n) is 5.09. The molecule has 2 aromatic carbocycles. The van der Waals surface area contributed by atoms with Gasteiger partial charge in [0.15, 0.2) is 0 Å². The van der Waals surface area contributed by atoms with Crippen LogP contribution in [0.4, 0.5) is 24.5 Å². The zero-order valence-corrected chi connectivity index (χ0v) is 17.5. The third-order valence-corrected chi connectivity index (χ3v) is 5.09. The maximum absolute atomic E-state index is 13.0. The molecule has 0 radical (unpaired) electrons. The van der Waals surface area contributed by atoms with E-state index in [2.05, 4.69) is 5.32 Å². The van der Waals surface area contributed by atoms with Crippen molar-refractivity contribution in [2.24, 2.45) is 5.92 Å². The Morgan fingerprint density at radius 3 is 2.50 bits per heavy atom. The quantitative estimate of drug-likeness (QED) is 0.735. The molecule has 0 saturated carbocycles. The van der Waals surface area contributed by atoms with E-state index in [-0.39, 0.29) is 25.2 Å². The molecule has 2 aromatic rings. The number of nitrogens with one attached hydrogen (secondary N) is 1. The van der Waals surface area contributed by atoms with Crippen molar-refractivity contribution in [2.45, 2.75) is 12.6 Å². The number of rotatable bonds is 6. The van der Waals surface area contributed by atoms with Crippen LogP contribution in [0, 0.1) is 5.92 Å².